The number of furan rings is 1. The molecule has 1 saturated heterocycles. The maximum atomic E-state index is 13.7. The first kappa shape index (κ1) is 19.1. The maximum Gasteiger partial charge on any atom is 0.410 e. The Bertz CT molecular complexity index is 847. The molecule has 0 bridgehead atoms. The van der Waals surface area contributed by atoms with Crippen molar-refractivity contribution in [2.75, 3.05) is 18.5 Å². The molecule has 2 aromatic heterocycles. The molecule has 2 aromatic rings. The SMILES string of the molecule is O=C(NCC1CCCO1)c1nn2c(c1Cl)NC(c1ccco1)CC2C(F)(F)F. The van der Waals surface area contributed by atoms with Crippen LogP contribution >= 0.6 is 11.6 Å². The van der Waals surface area contributed by atoms with E-state index in [2.05, 4.69) is 15.7 Å². The van der Waals surface area contributed by atoms with Gasteiger partial charge in [0.05, 0.1) is 18.4 Å². The summed E-state index contributed by atoms with van der Waals surface area (Å²) in [4.78, 5) is 12.5. The summed E-state index contributed by atoms with van der Waals surface area (Å²) in [5.41, 5.74) is -0.253. The van der Waals surface area contributed by atoms with Crippen LogP contribution in [0.1, 0.15) is 47.6 Å². The Morgan fingerprint density at radius 2 is 2.29 bits per heavy atom. The van der Waals surface area contributed by atoms with E-state index in [1.165, 1.54) is 6.26 Å². The van der Waals surface area contributed by atoms with Crippen molar-refractivity contribution in [3.8, 4) is 0 Å². The summed E-state index contributed by atoms with van der Waals surface area (Å²) in [7, 11) is 0. The lowest BCUT2D eigenvalue weighted by Gasteiger charge is -2.32. The van der Waals surface area contributed by atoms with Crippen molar-refractivity contribution in [2.24, 2.45) is 0 Å². The summed E-state index contributed by atoms with van der Waals surface area (Å²) < 4.78 is 52.4. The zero-order valence-electron chi connectivity index (χ0n) is 14.6. The Hall–Kier alpha value is -2.20. The summed E-state index contributed by atoms with van der Waals surface area (Å²) in [6.45, 7) is 0.883. The van der Waals surface area contributed by atoms with Gasteiger partial charge >= 0.3 is 6.18 Å². The Labute approximate surface area is 163 Å². The largest absolute Gasteiger partial charge is 0.467 e. The lowest BCUT2D eigenvalue weighted by atomic mass is 10.0. The number of nitrogens with one attached hydrogen (secondary N) is 2. The van der Waals surface area contributed by atoms with Crippen LogP contribution in [0, 0.1) is 0 Å². The number of nitrogens with zero attached hydrogens (tertiary/aromatic N) is 2. The quantitative estimate of drug-likeness (QED) is 0.791. The Balaban J connectivity index is 1.61. The molecule has 2 aliphatic rings. The Morgan fingerprint density at radius 3 is 2.93 bits per heavy atom. The first-order valence-electron chi connectivity index (χ1n) is 8.89. The van der Waals surface area contributed by atoms with Crippen LogP contribution in [-0.2, 0) is 4.74 Å². The molecule has 3 unspecified atom stereocenters. The van der Waals surface area contributed by atoms with Crippen molar-refractivity contribution in [3.63, 3.8) is 0 Å². The van der Waals surface area contributed by atoms with E-state index in [0.717, 1.165) is 17.5 Å². The molecule has 0 aromatic carbocycles. The number of fused-ring (bicyclic) bond motifs is 1. The minimum absolute atomic E-state index is 0.0566. The first-order chi connectivity index (χ1) is 13.3. The normalized spacial score (nSPS) is 24.6. The van der Waals surface area contributed by atoms with E-state index in [9.17, 15) is 18.0 Å². The second-order valence-electron chi connectivity index (χ2n) is 6.81. The molecule has 7 nitrogen and oxygen atoms in total. The summed E-state index contributed by atoms with van der Waals surface area (Å²) in [6, 6.07) is 0.499. The highest BCUT2D eigenvalue weighted by Gasteiger charge is 2.48. The molecule has 4 heterocycles. The molecule has 2 aliphatic heterocycles. The highest BCUT2D eigenvalue weighted by Crippen LogP contribution is 2.46. The van der Waals surface area contributed by atoms with Gasteiger partial charge in [-0.2, -0.15) is 18.3 Å². The van der Waals surface area contributed by atoms with Crippen molar-refractivity contribution < 1.29 is 27.1 Å². The Morgan fingerprint density at radius 1 is 1.46 bits per heavy atom. The van der Waals surface area contributed by atoms with Crippen molar-refractivity contribution in [3.05, 3.63) is 34.9 Å². The van der Waals surface area contributed by atoms with Gasteiger partial charge in [-0.15, -0.1) is 0 Å². The molecule has 0 spiro atoms. The van der Waals surface area contributed by atoms with Gasteiger partial charge in [-0.3, -0.25) is 4.79 Å². The third-order valence-corrected chi connectivity index (χ3v) is 5.27. The highest BCUT2D eigenvalue weighted by molar-refractivity contribution is 6.36. The number of halogens is 4. The molecular weight excluding hydrogens is 401 g/mol. The molecule has 3 atom stereocenters. The number of carbonyl (C=O) groups excluding carboxylic acids is 1. The van der Waals surface area contributed by atoms with Gasteiger partial charge in [-0.05, 0) is 25.0 Å². The van der Waals surface area contributed by atoms with Crippen molar-refractivity contribution in [2.45, 2.75) is 43.6 Å². The van der Waals surface area contributed by atoms with Crippen LogP contribution in [0.2, 0.25) is 5.02 Å². The van der Waals surface area contributed by atoms with Crippen LogP contribution in [-0.4, -0.2) is 41.1 Å². The number of ether oxygens (including phenoxy) is 1. The molecule has 11 heteroatoms. The fraction of sp³-hybridized carbons (Fsp3) is 0.529. The van der Waals surface area contributed by atoms with Crippen molar-refractivity contribution in [1.29, 1.82) is 0 Å². The molecule has 0 radical (unpaired) electrons. The minimum Gasteiger partial charge on any atom is -0.467 e. The van der Waals surface area contributed by atoms with Crippen LogP contribution < -0.4 is 10.6 Å². The molecule has 1 amide bonds. The van der Waals surface area contributed by atoms with Crippen molar-refractivity contribution >= 4 is 23.3 Å². The van der Waals surface area contributed by atoms with E-state index in [1.54, 1.807) is 12.1 Å². The molecule has 152 valence electrons. The summed E-state index contributed by atoms with van der Waals surface area (Å²) >= 11 is 6.24. The predicted molar refractivity (Wildman–Crippen MR) is 93.3 cm³/mol. The molecule has 4 rings (SSSR count). The fourth-order valence-corrected chi connectivity index (χ4v) is 3.77. The van der Waals surface area contributed by atoms with Gasteiger partial charge in [0.15, 0.2) is 11.7 Å². The van der Waals surface area contributed by atoms with Gasteiger partial charge in [-0.25, -0.2) is 4.68 Å². The molecule has 28 heavy (non-hydrogen) atoms. The lowest BCUT2D eigenvalue weighted by Crippen LogP contribution is -2.36. The maximum absolute atomic E-state index is 13.7. The van der Waals surface area contributed by atoms with E-state index in [1.807, 2.05) is 0 Å². The van der Waals surface area contributed by atoms with Crippen LogP contribution in [0.4, 0.5) is 19.0 Å². The number of hydrogen-bond donors (Lipinski definition) is 2. The molecule has 1 fully saturated rings. The number of rotatable bonds is 4. The zero-order chi connectivity index (χ0) is 19.9. The molecule has 2 N–H and O–H groups in total. The van der Waals surface area contributed by atoms with Crippen LogP contribution in [0.3, 0.4) is 0 Å². The van der Waals surface area contributed by atoms with Gasteiger partial charge in [0.25, 0.3) is 5.91 Å². The first-order valence-corrected chi connectivity index (χ1v) is 9.27. The number of carbonyl (C=O) groups is 1. The van der Waals surface area contributed by atoms with Crippen molar-refractivity contribution in [1.82, 2.24) is 15.1 Å². The standard InChI is InChI=1S/C17H18ClF3N4O3/c18-13-14(16(26)22-8-9-3-1-5-27-9)24-25-12(17(19,20)21)7-10(23-15(13)25)11-4-2-6-28-11/h2,4,6,9-10,12,23H,1,3,5,7-8H2,(H,22,26). The number of aromatic nitrogens is 2. The predicted octanol–water partition coefficient (Wildman–Crippen LogP) is 3.70. The van der Waals surface area contributed by atoms with Gasteiger partial charge in [0.1, 0.15) is 16.6 Å². The van der Waals surface area contributed by atoms with Crippen LogP contribution in [0.5, 0.6) is 0 Å². The molecular formula is C17H18ClF3N4O3. The topological polar surface area (TPSA) is 81.3 Å². The van der Waals surface area contributed by atoms with E-state index in [-0.39, 0.29) is 35.6 Å². The number of anilines is 1. The minimum atomic E-state index is -4.57. The second-order valence-corrected chi connectivity index (χ2v) is 7.18. The third kappa shape index (κ3) is 3.58. The average molecular weight is 419 g/mol. The van der Waals surface area contributed by atoms with E-state index >= 15 is 0 Å². The number of amides is 1. The third-order valence-electron chi connectivity index (χ3n) is 4.91. The average Bonchev–Trinajstić information content (AvgIpc) is 3.40. The van der Waals surface area contributed by atoms with Gasteiger partial charge < -0.3 is 19.8 Å². The Kier molecular flexibility index (Phi) is 5.00. The van der Waals surface area contributed by atoms with E-state index in [4.69, 9.17) is 20.8 Å². The zero-order valence-corrected chi connectivity index (χ0v) is 15.4. The number of alkyl halides is 3. The monoisotopic (exact) mass is 418 g/mol. The van der Waals surface area contributed by atoms with E-state index in [0.29, 0.717) is 12.4 Å². The summed E-state index contributed by atoms with van der Waals surface area (Å²) in [5, 5.41) is 9.26. The molecule has 0 aliphatic carbocycles. The lowest BCUT2D eigenvalue weighted by molar-refractivity contribution is -0.174. The van der Waals surface area contributed by atoms with Gasteiger partial charge in [0, 0.05) is 19.6 Å². The number of hydrogen-bond acceptors (Lipinski definition) is 5. The molecule has 0 saturated carbocycles. The van der Waals surface area contributed by atoms with E-state index < -0.39 is 24.2 Å². The van der Waals surface area contributed by atoms with Gasteiger partial charge in [0.2, 0.25) is 0 Å². The van der Waals surface area contributed by atoms with Crippen LogP contribution in [0.15, 0.2) is 22.8 Å². The smallest absolute Gasteiger partial charge is 0.410 e. The second kappa shape index (κ2) is 7.32. The fourth-order valence-electron chi connectivity index (χ4n) is 3.51. The summed E-state index contributed by atoms with van der Waals surface area (Å²) in [5.74, 6) is -0.347. The van der Waals surface area contributed by atoms with Crippen LogP contribution in [0.25, 0.3) is 0 Å². The van der Waals surface area contributed by atoms with Gasteiger partial charge in [-0.1, -0.05) is 11.6 Å². The highest BCUT2D eigenvalue weighted by atomic mass is 35.5. The summed E-state index contributed by atoms with van der Waals surface area (Å²) in [6.07, 6.45) is -1.90.